The SMILES string of the molecule is COC(C)CCC(=O)Nc1cc(F)c(Br)cc1C. The fraction of sp³-hybridized carbons (Fsp3) is 0.462. The molecule has 0 aliphatic carbocycles. The Labute approximate surface area is 115 Å². The molecule has 0 saturated heterocycles. The van der Waals surface area contributed by atoms with E-state index in [0.29, 0.717) is 23.0 Å². The first-order valence-electron chi connectivity index (χ1n) is 5.72. The van der Waals surface area contributed by atoms with Crippen LogP contribution >= 0.6 is 15.9 Å². The highest BCUT2D eigenvalue weighted by atomic mass is 79.9. The van der Waals surface area contributed by atoms with E-state index in [1.165, 1.54) is 6.07 Å². The summed E-state index contributed by atoms with van der Waals surface area (Å²) in [5, 5.41) is 2.70. The first kappa shape index (κ1) is 15.1. The molecule has 0 radical (unpaired) electrons. The molecule has 1 N–H and O–H groups in total. The smallest absolute Gasteiger partial charge is 0.224 e. The van der Waals surface area contributed by atoms with E-state index in [4.69, 9.17) is 4.74 Å². The van der Waals surface area contributed by atoms with Crippen LogP contribution in [0.2, 0.25) is 0 Å². The highest BCUT2D eigenvalue weighted by Gasteiger charge is 2.10. The minimum Gasteiger partial charge on any atom is -0.382 e. The minimum atomic E-state index is -0.388. The Morgan fingerprint density at radius 2 is 2.22 bits per heavy atom. The summed E-state index contributed by atoms with van der Waals surface area (Å²) < 4.78 is 18.8. The van der Waals surface area contributed by atoms with Crippen molar-refractivity contribution < 1.29 is 13.9 Å². The van der Waals surface area contributed by atoms with Crippen LogP contribution in [-0.2, 0) is 9.53 Å². The number of carbonyl (C=O) groups excluding carboxylic acids is 1. The predicted octanol–water partition coefficient (Wildman–Crippen LogP) is 3.65. The van der Waals surface area contributed by atoms with Crippen LogP contribution in [0.4, 0.5) is 10.1 Å². The number of carbonyl (C=O) groups is 1. The number of nitrogens with one attached hydrogen (secondary N) is 1. The number of ether oxygens (including phenoxy) is 1. The van der Waals surface area contributed by atoms with Gasteiger partial charge in [0, 0.05) is 19.2 Å². The van der Waals surface area contributed by atoms with Crippen LogP contribution in [0.25, 0.3) is 0 Å². The highest BCUT2D eigenvalue weighted by Crippen LogP contribution is 2.24. The predicted molar refractivity (Wildman–Crippen MR) is 73.2 cm³/mol. The summed E-state index contributed by atoms with van der Waals surface area (Å²) in [7, 11) is 1.61. The molecule has 0 aromatic heterocycles. The lowest BCUT2D eigenvalue weighted by molar-refractivity contribution is -0.116. The average Bonchev–Trinajstić information content (AvgIpc) is 2.33. The van der Waals surface area contributed by atoms with Crippen molar-refractivity contribution >= 4 is 27.5 Å². The molecule has 3 nitrogen and oxygen atoms in total. The van der Waals surface area contributed by atoms with Crippen LogP contribution in [-0.4, -0.2) is 19.1 Å². The van der Waals surface area contributed by atoms with Gasteiger partial charge in [0.1, 0.15) is 5.82 Å². The molecule has 0 aliphatic heterocycles. The monoisotopic (exact) mass is 317 g/mol. The van der Waals surface area contributed by atoms with Gasteiger partial charge in [0.15, 0.2) is 0 Å². The number of benzene rings is 1. The molecule has 1 aromatic rings. The van der Waals surface area contributed by atoms with Gasteiger partial charge in [-0.1, -0.05) is 0 Å². The van der Waals surface area contributed by atoms with Gasteiger partial charge < -0.3 is 10.1 Å². The summed E-state index contributed by atoms with van der Waals surface area (Å²) in [5.41, 5.74) is 1.32. The van der Waals surface area contributed by atoms with Crippen LogP contribution in [0.5, 0.6) is 0 Å². The third-order valence-electron chi connectivity index (χ3n) is 2.72. The molecular weight excluding hydrogens is 301 g/mol. The first-order chi connectivity index (χ1) is 8.43. The Kier molecular flexibility index (Phi) is 5.75. The number of anilines is 1. The number of halogens is 2. The minimum absolute atomic E-state index is 0.0403. The van der Waals surface area contributed by atoms with Gasteiger partial charge in [-0.25, -0.2) is 4.39 Å². The number of methoxy groups -OCH3 is 1. The Morgan fingerprint density at radius 3 is 2.83 bits per heavy atom. The molecule has 1 aromatic carbocycles. The second-order valence-electron chi connectivity index (χ2n) is 4.21. The zero-order valence-electron chi connectivity index (χ0n) is 10.7. The molecule has 100 valence electrons. The van der Waals surface area contributed by atoms with E-state index in [9.17, 15) is 9.18 Å². The normalized spacial score (nSPS) is 12.3. The molecule has 18 heavy (non-hydrogen) atoms. The standard InChI is InChI=1S/C13H17BrFNO2/c1-8-6-10(14)11(15)7-12(8)16-13(17)5-4-9(2)18-3/h6-7,9H,4-5H2,1-3H3,(H,16,17). The third-order valence-corrected chi connectivity index (χ3v) is 3.33. The van der Waals surface area contributed by atoms with Crippen molar-refractivity contribution in [2.24, 2.45) is 0 Å². The summed E-state index contributed by atoms with van der Waals surface area (Å²) in [6, 6.07) is 2.96. The van der Waals surface area contributed by atoms with Gasteiger partial charge in [0.2, 0.25) is 5.91 Å². The summed E-state index contributed by atoms with van der Waals surface area (Å²) in [4.78, 5) is 11.7. The van der Waals surface area contributed by atoms with Gasteiger partial charge in [-0.15, -0.1) is 0 Å². The summed E-state index contributed by atoms with van der Waals surface area (Å²) in [6.45, 7) is 3.72. The van der Waals surface area contributed by atoms with Crippen molar-refractivity contribution in [3.8, 4) is 0 Å². The Morgan fingerprint density at radius 1 is 1.56 bits per heavy atom. The maximum absolute atomic E-state index is 13.4. The van der Waals surface area contributed by atoms with Crippen molar-refractivity contribution in [2.45, 2.75) is 32.8 Å². The maximum Gasteiger partial charge on any atom is 0.224 e. The van der Waals surface area contributed by atoms with Crippen LogP contribution in [0, 0.1) is 12.7 Å². The first-order valence-corrected chi connectivity index (χ1v) is 6.51. The Balaban J connectivity index is 2.62. The van der Waals surface area contributed by atoms with Gasteiger partial charge in [0.05, 0.1) is 10.6 Å². The number of rotatable bonds is 5. The molecular formula is C13H17BrFNO2. The average molecular weight is 318 g/mol. The molecule has 0 spiro atoms. The fourth-order valence-electron chi connectivity index (χ4n) is 1.45. The van der Waals surface area contributed by atoms with Crippen LogP contribution in [0.15, 0.2) is 16.6 Å². The van der Waals surface area contributed by atoms with E-state index in [1.54, 1.807) is 13.2 Å². The van der Waals surface area contributed by atoms with Crippen LogP contribution in [0.3, 0.4) is 0 Å². The molecule has 5 heteroatoms. The molecule has 0 saturated carbocycles. The van der Waals surface area contributed by atoms with E-state index < -0.39 is 0 Å². The van der Waals surface area contributed by atoms with Crippen LogP contribution in [0.1, 0.15) is 25.3 Å². The zero-order chi connectivity index (χ0) is 13.7. The lowest BCUT2D eigenvalue weighted by Crippen LogP contribution is -2.15. The number of aryl methyl sites for hydroxylation is 1. The second kappa shape index (κ2) is 6.85. The molecule has 0 aliphatic rings. The van der Waals surface area contributed by atoms with Gasteiger partial charge >= 0.3 is 0 Å². The maximum atomic E-state index is 13.4. The molecule has 1 unspecified atom stereocenters. The zero-order valence-corrected chi connectivity index (χ0v) is 12.3. The van der Waals surface area contributed by atoms with Crippen LogP contribution < -0.4 is 5.32 Å². The number of hydrogen-bond donors (Lipinski definition) is 1. The lowest BCUT2D eigenvalue weighted by Gasteiger charge is -2.11. The molecule has 1 atom stereocenters. The van der Waals surface area contributed by atoms with Crippen molar-refractivity contribution in [1.29, 1.82) is 0 Å². The quantitative estimate of drug-likeness (QED) is 0.900. The lowest BCUT2D eigenvalue weighted by atomic mass is 10.1. The number of hydrogen-bond acceptors (Lipinski definition) is 2. The topological polar surface area (TPSA) is 38.3 Å². The molecule has 0 bridgehead atoms. The molecule has 1 amide bonds. The van der Waals surface area contributed by atoms with E-state index in [0.717, 1.165) is 5.56 Å². The largest absolute Gasteiger partial charge is 0.382 e. The van der Waals surface area contributed by atoms with Gasteiger partial charge in [-0.3, -0.25) is 4.79 Å². The summed E-state index contributed by atoms with van der Waals surface area (Å²) >= 11 is 3.10. The van der Waals surface area contributed by atoms with Gasteiger partial charge in [-0.05, 0) is 53.9 Å². The van der Waals surface area contributed by atoms with Gasteiger partial charge in [0.25, 0.3) is 0 Å². The van der Waals surface area contributed by atoms with Crippen molar-refractivity contribution in [2.75, 3.05) is 12.4 Å². The van der Waals surface area contributed by atoms with Crippen molar-refractivity contribution in [3.05, 3.63) is 28.0 Å². The van der Waals surface area contributed by atoms with E-state index in [-0.39, 0.29) is 17.8 Å². The fourth-order valence-corrected chi connectivity index (χ4v) is 1.90. The second-order valence-corrected chi connectivity index (χ2v) is 5.07. The van der Waals surface area contributed by atoms with Crippen molar-refractivity contribution in [1.82, 2.24) is 0 Å². The van der Waals surface area contributed by atoms with E-state index in [2.05, 4.69) is 21.2 Å². The Bertz CT molecular complexity index is 437. The van der Waals surface area contributed by atoms with E-state index in [1.807, 2.05) is 13.8 Å². The van der Waals surface area contributed by atoms with Crippen molar-refractivity contribution in [3.63, 3.8) is 0 Å². The molecule has 0 heterocycles. The molecule has 0 fully saturated rings. The van der Waals surface area contributed by atoms with E-state index >= 15 is 0 Å². The Hall–Kier alpha value is -0.940. The summed E-state index contributed by atoms with van der Waals surface area (Å²) in [6.07, 6.45) is 1.03. The number of amides is 1. The molecule has 1 rings (SSSR count). The summed E-state index contributed by atoms with van der Waals surface area (Å²) in [5.74, 6) is -0.523. The third kappa shape index (κ3) is 4.38. The van der Waals surface area contributed by atoms with Gasteiger partial charge in [-0.2, -0.15) is 0 Å². The highest BCUT2D eigenvalue weighted by molar-refractivity contribution is 9.10.